The monoisotopic (exact) mass is 339 g/mol. The summed E-state index contributed by atoms with van der Waals surface area (Å²) in [4.78, 5) is 17.5. The van der Waals surface area contributed by atoms with Crippen molar-refractivity contribution >= 4 is 17.2 Å². The van der Waals surface area contributed by atoms with Gasteiger partial charge in [0.1, 0.15) is 0 Å². The number of hydrogen-bond donors (Lipinski definition) is 1. The first-order valence-corrected chi connectivity index (χ1v) is 8.88. The summed E-state index contributed by atoms with van der Waals surface area (Å²) in [6.07, 6.45) is 2.60. The van der Waals surface area contributed by atoms with Crippen LogP contribution in [0.2, 0.25) is 0 Å². The maximum Gasteiger partial charge on any atom is 0.268 e. The van der Waals surface area contributed by atoms with E-state index in [1.807, 2.05) is 23.6 Å². The Labute approximate surface area is 143 Å². The average molecular weight is 339 g/mol. The molecule has 2 aromatic heterocycles. The van der Waals surface area contributed by atoms with Crippen molar-refractivity contribution in [3.8, 4) is 10.8 Å². The molecule has 1 amide bonds. The summed E-state index contributed by atoms with van der Waals surface area (Å²) in [5.74, 6) is 1.34. The normalized spacial score (nSPS) is 16.1. The van der Waals surface area contributed by atoms with Crippen molar-refractivity contribution in [2.75, 3.05) is 0 Å². The number of carbonyl (C=O) groups excluding carboxylic acids is 1. The number of nitrogens with one attached hydrogen (secondary N) is 1. The number of nitrogens with zero attached hydrogens (tertiary/aromatic N) is 2. The van der Waals surface area contributed by atoms with Gasteiger partial charge in [0, 0.05) is 6.42 Å². The van der Waals surface area contributed by atoms with Crippen molar-refractivity contribution in [3.63, 3.8) is 0 Å². The molecule has 1 aromatic carbocycles. The molecule has 1 aliphatic carbocycles. The van der Waals surface area contributed by atoms with E-state index in [0.717, 1.165) is 17.7 Å². The van der Waals surface area contributed by atoms with Crippen LogP contribution in [0.1, 0.15) is 35.7 Å². The Morgan fingerprint density at radius 2 is 2.21 bits per heavy atom. The number of amides is 1. The summed E-state index contributed by atoms with van der Waals surface area (Å²) < 4.78 is 5.22. The van der Waals surface area contributed by atoms with Crippen LogP contribution in [0.5, 0.6) is 0 Å². The lowest BCUT2D eigenvalue weighted by molar-refractivity contribution is -0.121. The number of rotatable bonds is 5. The molecule has 0 saturated heterocycles. The number of carbonyl (C=O) groups is 1. The molecule has 5 nitrogen and oxygen atoms in total. The number of aromatic nitrogens is 2. The van der Waals surface area contributed by atoms with Crippen molar-refractivity contribution in [1.29, 1.82) is 0 Å². The minimum atomic E-state index is 0.0270. The van der Waals surface area contributed by atoms with E-state index in [4.69, 9.17) is 4.52 Å². The third kappa shape index (κ3) is 3.10. The molecule has 4 rings (SSSR count). The molecule has 1 aliphatic rings. The summed E-state index contributed by atoms with van der Waals surface area (Å²) in [5.41, 5.74) is 2.68. The van der Waals surface area contributed by atoms with E-state index in [1.54, 1.807) is 11.3 Å². The maximum atomic E-state index is 12.2. The van der Waals surface area contributed by atoms with E-state index in [0.29, 0.717) is 30.6 Å². The molecular formula is C18H17N3O2S. The molecule has 2 heterocycles. The third-order valence-electron chi connectivity index (χ3n) is 4.33. The molecule has 0 spiro atoms. The van der Waals surface area contributed by atoms with Crippen molar-refractivity contribution in [2.24, 2.45) is 0 Å². The van der Waals surface area contributed by atoms with Gasteiger partial charge in [0.15, 0.2) is 5.82 Å². The quantitative estimate of drug-likeness (QED) is 0.772. The lowest BCUT2D eigenvalue weighted by Gasteiger charge is -2.10. The standard InChI is InChI=1S/C18H17N3O2S/c22-17(10-13-8-7-12-4-1-2-5-14(12)13)19-11-16-20-18(23-21-16)15-6-3-9-24-15/h1-6,9,13H,7-8,10-11H2,(H,19,22). The molecule has 1 unspecified atom stereocenters. The molecule has 6 heteroatoms. The Bertz CT molecular complexity index is 842. The van der Waals surface area contributed by atoms with Crippen LogP contribution in [-0.2, 0) is 17.8 Å². The van der Waals surface area contributed by atoms with E-state index in [2.05, 4.69) is 33.7 Å². The van der Waals surface area contributed by atoms with Crippen molar-refractivity contribution < 1.29 is 9.32 Å². The molecule has 3 aromatic rings. The topological polar surface area (TPSA) is 68.0 Å². The molecule has 0 aliphatic heterocycles. The Balaban J connectivity index is 1.33. The minimum Gasteiger partial charge on any atom is -0.349 e. The highest BCUT2D eigenvalue weighted by molar-refractivity contribution is 7.13. The van der Waals surface area contributed by atoms with Gasteiger partial charge in [0.25, 0.3) is 5.89 Å². The van der Waals surface area contributed by atoms with Crippen LogP contribution in [0.3, 0.4) is 0 Å². The molecule has 0 bridgehead atoms. The zero-order valence-electron chi connectivity index (χ0n) is 13.1. The van der Waals surface area contributed by atoms with Gasteiger partial charge in [-0.2, -0.15) is 4.98 Å². The predicted molar refractivity (Wildman–Crippen MR) is 91.6 cm³/mol. The molecular weight excluding hydrogens is 322 g/mol. The van der Waals surface area contributed by atoms with Gasteiger partial charge in [0.2, 0.25) is 5.91 Å². The fourth-order valence-corrected chi connectivity index (χ4v) is 3.80. The largest absolute Gasteiger partial charge is 0.349 e. The molecule has 0 fully saturated rings. The highest BCUT2D eigenvalue weighted by Crippen LogP contribution is 2.35. The predicted octanol–water partition coefficient (Wildman–Crippen LogP) is 3.53. The van der Waals surface area contributed by atoms with Crippen LogP contribution in [0.25, 0.3) is 10.8 Å². The van der Waals surface area contributed by atoms with E-state index in [-0.39, 0.29) is 5.91 Å². The SMILES string of the molecule is O=C(CC1CCc2ccccc21)NCc1noc(-c2cccs2)n1. The molecule has 1 atom stereocenters. The second-order valence-electron chi connectivity index (χ2n) is 5.91. The number of thiophene rings is 1. The van der Waals surface area contributed by atoms with E-state index >= 15 is 0 Å². The van der Waals surface area contributed by atoms with Gasteiger partial charge >= 0.3 is 0 Å². The van der Waals surface area contributed by atoms with Crippen LogP contribution in [0, 0.1) is 0 Å². The first-order valence-electron chi connectivity index (χ1n) is 8.00. The Morgan fingerprint density at radius 3 is 3.08 bits per heavy atom. The van der Waals surface area contributed by atoms with Crippen LogP contribution in [0.15, 0.2) is 46.3 Å². The van der Waals surface area contributed by atoms with Crippen LogP contribution < -0.4 is 5.32 Å². The van der Waals surface area contributed by atoms with Gasteiger partial charge in [-0.3, -0.25) is 4.79 Å². The lowest BCUT2D eigenvalue weighted by Crippen LogP contribution is -2.24. The van der Waals surface area contributed by atoms with Gasteiger partial charge < -0.3 is 9.84 Å². The van der Waals surface area contributed by atoms with Crippen LogP contribution in [0.4, 0.5) is 0 Å². The van der Waals surface area contributed by atoms with Crippen LogP contribution in [-0.4, -0.2) is 16.0 Å². The molecule has 24 heavy (non-hydrogen) atoms. The third-order valence-corrected chi connectivity index (χ3v) is 5.19. The van der Waals surface area contributed by atoms with Crippen molar-refractivity contribution in [3.05, 3.63) is 58.7 Å². The molecule has 1 N–H and O–H groups in total. The Morgan fingerprint density at radius 1 is 1.29 bits per heavy atom. The van der Waals surface area contributed by atoms with Crippen molar-refractivity contribution in [1.82, 2.24) is 15.5 Å². The number of aryl methyl sites for hydroxylation is 1. The zero-order valence-corrected chi connectivity index (χ0v) is 13.9. The Kier molecular flexibility index (Phi) is 4.13. The average Bonchev–Trinajstić information content (AvgIpc) is 3.34. The lowest BCUT2D eigenvalue weighted by atomic mass is 9.97. The Hall–Kier alpha value is -2.47. The van der Waals surface area contributed by atoms with Gasteiger partial charge in [0.05, 0.1) is 11.4 Å². The zero-order chi connectivity index (χ0) is 16.4. The smallest absolute Gasteiger partial charge is 0.268 e. The summed E-state index contributed by atoms with van der Waals surface area (Å²) in [5, 5.41) is 8.77. The first-order chi connectivity index (χ1) is 11.8. The minimum absolute atomic E-state index is 0.0270. The van der Waals surface area contributed by atoms with Crippen LogP contribution >= 0.6 is 11.3 Å². The first kappa shape index (κ1) is 15.1. The molecule has 0 radical (unpaired) electrons. The summed E-state index contributed by atoms with van der Waals surface area (Å²) in [6, 6.07) is 12.2. The number of hydrogen-bond acceptors (Lipinski definition) is 5. The van der Waals surface area contributed by atoms with Crippen molar-refractivity contribution in [2.45, 2.75) is 31.7 Å². The second-order valence-corrected chi connectivity index (χ2v) is 6.86. The number of benzene rings is 1. The summed E-state index contributed by atoms with van der Waals surface area (Å²) in [6.45, 7) is 0.294. The van der Waals surface area contributed by atoms with E-state index in [1.165, 1.54) is 11.1 Å². The van der Waals surface area contributed by atoms with Gasteiger partial charge in [-0.25, -0.2) is 0 Å². The molecule has 122 valence electrons. The second kappa shape index (κ2) is 6.57. The van der Waals surface area contributed by atoms with E-state index < -0.39 is 0 Å². The fourth-order valence-electron chi connectivity index (χ4n) is 3.16. The van der Waals surface area contributed by atoms with Gasteiger partial charge in [-0.15, -0.1) is 11.3 Å². The van der Waals surface area contributed by atoms with Gasteiger partial charge in [-0.05, 0) is 41.3 Å². The molecule has 0 saturated carbocycles. The summed E-state index contributed by atoms with van der Waals surface area (Å²) in [7, 11) is 0. The van der Waals surface area contributed by atoms with E-state index in [9.17, 15) is 4.79 Å². The highest BCUT2D eigenvalue weighted by Gasteiger charge is 2.24. The summed E-state index contributed by atoms with van der Waals surface area (Å²) >= 11 is 1.54. The van der Waals surface area contributed by atoms with Gasteiger partial charge in [-0.1, -0.05) is 35.5 Å². The maximum absolute atomic E-state index is 12.2. The highest BCUT2D eigenvalue weighted by atomic mass is 32.1. The number of fused-ring (bicyclic) bond motifs is 1. The fraction of sp³-hybridized carbons (Fsp3) is 0.278.